The minimum absolute atomic E-state index is 0.104. The number of thiophene rings is 1. The summed E-state index contributed by atoms with van der Waals surface area (Å²) < 4.78 is 0. The summed E-state index contributed by atoms with van der Waals surface area (Å²) in [5.74, 6) is 0.104. The third-order valence-electron chi connectivity index (χ3n) is 4.44. The lowest BCUT2D eigenvalue weighted by molar-refractivity contribution is 0.478. The Morgan fingerprint density at radius 3 is 2.68 bits per heavy atom. The third kappa shape index (κ3) is 4.59. The molecule has 0 aliphatic carbocycles. The highest BCUT2D eigenvalue weighted by atomic mass is 35.5. The molecule has 4 aromatic rings. The summed E-state index contributed by atoms with van der Waals surface area (Å²) in [5, 5.41) is 20.8. The van der Waals surface area contributed by atoms with E-state index in [0.29, 0.717) is 42.9 Å². The number of H-pyrrole nitrogens is 2. The molecule has 2 heterocycles. The second-order valence-corrected chi connectivity index (χ2v) is 8.66. The van der Waals surface area contributed by atoms with E-state index in [4.69, 9.17) is 35.4 Å². The first kappa shape index (κ1) is 21.4. The van der Waals surface area contributed by atoms with Crippen molar-refractivity contribution in [3.8, 4) is 16.2 Å². The van der Waals surface area contributed by atoms with Crippen molar-refractivity contribution in [2.24, 2.45) is 5.10 Å². The Morgan fingerprint density at radius 1 is 1.13 bits per heavy atom. The van der Waals surface area contributed by atoms with E-state index >= 15 is 0 Å². The molecule has 0 atom stereocenters. The molecular weight excluding hydrogens is 477 g/mol. The zero-order valence-electron chi connectivity index (χ0n) is 15.9. The SMILES string of the molecule is C/C(=N\NC(=S)Nc1ccc2[nH]c(=O)[nH]c2c1)c1csc(-c2ccc(Cl)c(Cl)c2)c1O. The van der Waals surface area contributed by atoms with Gasteiger partial charge in [-0.25, -0.2) is 4.79 Å². The molecular formula is C20H15Cl2N5O2S2. The molecule has 31 heavy (non-hydrogen) atoms. The van der Waals surface area contributed by atoms with Crippen LogP contribution in [-0.2, 0) is 0 Å². The molecule has 4 rings (SSSR count). The number of hydrazone groups is 1. The van der Waals surface area contributed by atoms with E-state index < -0.39 is 0 Å². The topological polar surface area (TPSA) is 105 Å². The number of hydrogen-bond acceptors (Lipinski definition) is 5. The lowest BCUT2D eigenvalue weighted by Gasteiger charge is -2.08. The third-order valence-corrected chi connectivity index (χ3v) is 6.39. The Morgan fingerprint density at radius 2 is 1.90 bits per heavy atom. The quantitative estimate of drug-likeness (QED) is 0.151. The minimum atomic E-state index is -0.274. The molecule has 2 aromatic carbocycles. The fourth-order valence-corrected chi connectivity index (χ4v) is 4.38. The van der Waals surface area contributed by atoms with E-state index in [0.717, 1.165) is 5.56 Å². The molecule has 0 aliphatic rings. The summed E-state index contributed by atoms with van der Waals surface area (Å²) in [7, 11) is 0. The summed E-state index contributed by atoms with van der Waals surface area (Å²) >= 11 is 18.7. The second kappa shape index (κ2) is 8.72. The molecule has 0 bridgehead atoms. The van der Waals surface area contributed by atoms with E-state index in [2.05, 4.69) is 25.8 Å². The summed E-state index contributed by atoms with van der Waals surface area (Å²) in [6.45, 7) is 1.76. The van der Waals surface area contributed by atoms with Crippen LogP contribution >= 0.6 is 46.8 Å². The number of nitrogens with one attached hydrogen (secondary N) is 4. The summed E-state index contributed by atoms with van der Waals surface area (Å²) in [6, 6.07) is 10.5. The lowest BCUT2D eigenvalue weighted by Crippen LogP contribution is -2.24. The van der Waals surface area contributed by atoms with Crippen molar-refractivity contribution in [3.63, 3.8) is 0 Å². The van der Waals surface area contributed by atoms with E-state index in [9.17, 15) is 9.90 Å². The molecule has 0 saturated carbocycles. The van der Waals surface area contributed by atoms with Gasteiger partial charge in [-0.1, -0.05) is 29.3 Å². The van der Waals surface area contributed by atoms with Crippen molar-refractivity contribution < 1.29 is 5.11 Å². The maximum atomic E-state index is 11.4. The van der Waals surface area contributed by atoms with E-state index in [1.54, 1.807) is 48.7 Å². The molecule has 158 valence electrons. The van der Waals surface area contributed by atoms with Crippen molar-refractivity contribution in [2.45, 2.75) is 6.92 Å². The smallest absolute Gasteiger partial charge is 0.323 e. The van der Waals surface area contributed by atoms with Crippen molar-refractivity contribution in [1.82, 2.24) is 15.4 Å². The van der Waals surface area contributed by atoms with Crippen LogP contribution < -0.4 is 16.4 Å². The van der Waals surface area contributed by atoms with Gasteiger partial charge in [0.1, 0.15) is 5.75 Å². The van der Waals surface area contributed by atoms with Gasteiger partial charge in [-0.15, -0.1) is 11.3 Å². The van der Waals surface area contributed by atoms with Crippen molar-refractivity contribution in [1.29, 1.82) is 0 Å². The van der Waals surface area contributed by atoms with E-state index in [1.807, 2.05) is 0 Å². The molecule has 11 heteroatoms. The largest absolute Gasteiger partial charge is 0.506 e. The van der Waals surface area contributed by atoms with Crippen LogP contribution in [0.2, 0.25) is 10.0 Å². The first-order chi connectivity index (χ1) is 14.8. The molecule has 7 nitrogen and oxygen atoms in total. The number of fused-ring (bicyclic) bond motifs is 1. The van der Waals surface area contributed by atoms with E-state index in [1.165, 1.54) is 11.3 Å². The molecule has 0 saturated heterocycles. The number of rotatable bonds is 4. The number of nitrogens with zero attached hydrogens (tertiary/aromatic N) is 1. The Bertz CT molecular complexity index is 1390. The van der Waals surface area contributed by atoms with Crippen molar-refractivity contribution >= 4 is 74.3 Å². The summed E-state index contributed by atoms with van der Waals surface area (Å²) in [5.41, 5.74) is 6.43. The maximum absolute atomic E-state index is 11.4. The molecule has 2 aromatic heterocycles. The van der Waals surface area contributed by atoms with Gasteiger partial charge in [0.05, 0.1) is 37.2 Å². The van der Waals surface area contributed by atoms with Crippen molar-refractivity contribution in [2.75, 3.05) is 5.32 Å². The number of anilines is 1. The molecule has 0 spiro atoms. The normalized spacial score (nSPS) is 11.6. The predicted molar refractivity (Wildman–Crippen MR) is 132 cm³/mol. The van der Waals surface area contributed by atoms with Gasteiger partial charge in [-0.05, 0) is 55.0 Å². The Kier molecular flexibility index (Phi) is 6.01. The van der Waals surface area contributed by atoms with Gasteiger partial charge >= 0.3 is 5.69 Å². The molecule has 0 fully saturated rings. The zero-order chi connectivity index (χ0) is 22.1. The van der Waals surface area contributed by atoms with Gasteiger partial charge in [0.15, 0.2) is 5.11 Å². The number of hydrogen-bond donors (Lipinski definition) is 5. The Labute approximate surface area is 195 Å². The predicted octanol–water partition coefficient (Wildman–Crippen LogP) is 5.31. The minimum Gasteiger partial charge on any atom is -0.506 e. The first-order valence-corrected chi connectivity index (χ1v) is 11.0. The van der Waals surface area contributed by atoms with Gasteiger partial charge in [0.25, 0.3) is 0 Å². The first-order valence-electron chi connectivity index (χ1n) is 8.91. The number of thiocarbonyl (C=S) groups is 1. The number of aromatic hydroxyl groups is 1. The van der Waals surface area contributed by atoms with Crippen LogP contribution in [0.3, 0.4) is 0 Å². The average Bonchev–Trinajstić information content (AvgIpc) is 3.29. The summed E-state index contributed by atoms with van der Waals surface area (Å²) in [6.07, 6.45) is 0. The average molecular weight is 492 g/mol. The number of aromatic amines is 2. The van der Waals surface area contributed by atoms with Gasteiger partial charge < -0.3 is 20.4 Å². The Balaban J connectivity index is 1.47. The number of benzene rings is 2. The monoisotopic (exact) mass is 491 g/mol. The van der Waals surface area contributed by atoms with Crippen LogP contribution in [0.25, 0.3) is 21.5 Å². The summed E-state index contributed by atoms with van der Waals surface area (Å²) in [4.78, 5) is 17.4. The second-order valence-electron chi connectivity index (χ2n) is 6.56. The standard InChI is InChI=1S/C20H15Cl2N5O2S2/c1-9(12-8-31-18(17(12)28)10-2-4-13(21)14(22)6-10)26-27-20(30)23-11-3-5-15-16(7-11)25-19(29)24-15/h2-8,28H,1H3,(H2,23,27,30)(H2,24,25,29)/b26-9+. The molecule has 0 radical (unpaired) electrons. The molecule has 0 unspecified atom stereocenters. The van der Waals surface area contributed by atoms with Crippen molar-refractivity contribution in [3.05, 3.63) is 67.9 Å². The van der Waals surface area contributed by atoms with Gasteiger partial charge in [0.2, 0.25) is 0 Å². The highest BCUT2D eigenvalue weighted by molar-refractivity contribution is 7.80. The van der Waals surface area contributed by atoms with Crippen LogP contribution in [0.15, 0.2) is 51.7 Å². The van der Waals surface area contributed by atoms with Crippen LogP contribution in [0.5, 0.6) is 5.75 Å². The van der Waals surface area contributed by atoms with Crippen LogP contribution in [0.4, 0.5) is 5.69 Å². The molecule has 0 amide bonds. The number of imidazole rings is 1. The number of halogens is 2. The van der Waals surface area contributed by atoms with Crippen LogP contribution in [-0.4, -0.2) is 25.9 Å². The van der Waals surface area contributed by atoms with Gasteiger partial charge in [-0.3, -0.25) is 5.43 Å². The fraction of sp³-hybridized carbons (Fsp3) is 0.0500. The van der Waals surface area contributed by atoms with E-state index in [-0.39, 0.29) is 16.6 Å². The molecule has 0 aliphatic heterocycles. The number of aromatic nitrogens is 2. The zero-order valence-corrected chi connectivity index (χ0v) is 19.1. The van der Waals surface area contributed by atoms with Crippen LogP contribution in [0.1, 0.15) is 12.5 Å². The van der Waals surface area contributed by atoms with Gasteiger partial charge in [-0.2, -0.15) is 5.10 Å². The lowest BCUT2D eigenvalue weighted by atomic mass is 10.1. The fourth-order valence-electron chi connectivity index (χ4n) is 2.91. The highest BCUT2D eigenvalue weighted by Crippen LogP contribution is 2.40. The maximum Gasteiger partial charge on any atom is 0.323 e. The highest BCUT2D eigenvalue weighted by Gasteiger charge is 2.15. The van der Waals surface area contributed by atoms with Gasteiger partial charge in [0, 0.05) is 11.1 Å². The Hall–Kier alpha value is -2.85. The van der Waals surface area contributed by atoms with Crippen LogP contribution in [0, 0.1) is 0 Å². The molecule has 5 N–H and O–H groups in total.